The van der Waals surface area contributed by atoms with Crippen LogP contribution in [0.1, 0.15) is 0 Å². The van der Waals surface area contributed by atoms with Gasteiger partial charge in [0.1, 0.15) is 6.54 Å². The average molecular weight is 170 g/mol. The number of guanidine groups is 1. The summed E-state index contributed by atoms with van der Waals surface area (Å²) in [5.41, 5.74) is 12.1. The minimum Gasteiger partial charge on any atom is -0.379 e. The molecule has 2 rings (SSSR count). The van der Waals surface area contributed by atoms with Crippen molar-refractivity contribution in [1.82, 2.24) is 10.2 Å². The smallest absolute Gasteiger partial charge is 0.327 e. The lowest BCUT2D eigenvalue weighted by Crippen LogP contribution is -3.19. The van der Waals surface area contributed by atoms with E-state index in [-0.39, 0.29) is 0 Å². The lowest BCUT2D eigenvalue weighted by atomic mass is 10.4. The molecule has 0 spiro atoms. The lowest BCUT2D eigenvalue weighted by Gasteiger charge is -2.17. The van der Waals surface area contributed by atoms with E-state index in [2.05, 4.69) is 4.99 Å². The summed E-state index contributed by atoms with van der Waals surface area (Å²) in [6, 6.07) is 0. The van der Waals surface area contributed by atoms with Gasteiger partial charge in [-0.2, -0.15) is 10.0 Å². The first-order valence-corrected chi connectivity index (χ1v) is 3.57. The van der Waals surface area contributed by atoms with Gasteiger partial charge in [0.2, 0.25) is 0 Å². The fourth-order valence-electron chi connectivity index (χ4n) is 1.41. The second-order valence-electron chi connectivity index (χ2n) is 2.87. The highest BCUT2D eigenvalue weighted by atomic mass is 16.0. The van der Waals surface area contributed by atoms with Gasteiger partial charge in [0.15, 0.2) is 11.5 Å². The maximum Gasteiger partial charge on any atom is 0.327 e. The van der Waals surface area contributed by atoms with Gasteiger partial charge in [0, 0.05) is 7.05 Å². The van der Waals surface area contributed by atoms with Crippen LogP contribution in [0.4, 0.5) is 0 Å². The van der Waals surface area contributed by atoms with E-state index >= 15 is 0 Å². The summed E-state index contributed by atoms with van der Waals surface area (Å²) in [6.45, 7) is 0.669. The number of aliphatic imine (C=N–C) groups is 1. The zero-order chi connectivity index (χ0) is 8.88. The van der Waals surface area contributed by atoms with E-state index < -0.39 is 0 Å². The van der Waals surface area contributed by atoms with Crippen molar-refractivity contribution in [3.8, 4) is 0 Å². The van der Waals surface area contributed by atoms with Crippen molar-refractivity contribution in [3.05, 3.63) is 11.5 Å². The molecule has 1 fully saturated rings. The number of rotatable bonds is 0. The SMILES string of the molecule is CN1CC2=C(N)N=C(N)[NH+]2N1N. The molecule has 2 heterocycles. The van der Waals surface area contributed by atoms with Gasteiger partial charge in [-0.05, 0) is 5.23 Å². The number of hydrazine groups is 2. The second-order valence-corrected chi connectivity index (χ2v) is 2.87. The third-order valence-electron chi connectivity index (χ3n) is 2.06. The summed E-state index contributed by atoms with van der Waals surface area (Å²) in [7, 11) is 1.86. The second kappa shape index (κ2) is 2.17. The Labute approximate surface area is 69.6 Å². The summed E-state index contributed by atoms with van der Waals surface area (Å²) in [5.74, 6) is 6.56. The fourth-order valence-corrected chi connectivity index (χ4v) is 1.41. The zero-order valence-corrected chi connectivity index (χ0v) is 6.78. The van der Waals surface area contributed by atoms with Crippen LogP contribution in [0.5, 0.6) is 0 Å². The van der Waals surface area contributed by atoms with Gasteiger partial charge in [-0.25, -0.2) is 5.84 Å². The fraction of sp³-hybridized carbons (Fsp3) is 0.400. The first kappa shape index (κ1) is 7.50. The first-order valence-electron chi connectivity index (χ1n) is 3.57. The molecule has 0 saturated carbocycles. The highest BCUT2D eigenvalue weighted by Gasteiger charge is 2.43. The largest absolute Gasteiger partial charge is 0.379 e. The molecule has 1 unspecified atom stereocenters. The first-order chi connectivity index (χ1) is 5.61. The van der Waals surface area contributed by atoms with E-state index in [9.17, 15) is 0 Å². The van der Waals surface area contributed by atoms with E-state index in [4.69, 9.17) is 17.3 Å². The zero-order valence-electron chi connectivity index (χ0n) is 6.78. The summed E-state index contributed by atoms with van der Waals surface area (Å²) in [4.78, 5) is 3.92. The van der Waals surface area contributed by atoms with Crippen LogP contribution in [0.25, 0.3) is 0 Å². The predicted octanol–water partition coefficient (Wildman–Crippen LogP) is -3.72. The number of hydrogen-bond donors (Lipinski definition) is 4. The molecule has 0 aromatic heterocycles. The van der Waals surface area contributed by atoms with Crippen LogP contribution >= 0.6 is 0 Å². The Kier molecular flexibility index (Phi) is 1.36. The third-order valence-corrected chi connectivity index (χ3v) is 2.06. The molecular weight excluding hydrogens is 158 g/mol. The highest BCUT2D eigenvalue weighted by molar-refractivity contribution is 5.72. The van der Waals surface area contributed by atoms with Gasteiger partial charge in [0.25, 0.3) is 0 Å². The molecule has 0 aromatic rings. The molecule has 1 atom stereocenters. The molecule has 12 heavy (non-hydrogen) atoms. The molecule has 7 heteroatoms. The lowest BCUT2D eigenvalue weighted by molar-refractivity contribution is -0.907. The highest BCUT2D eigenvalue weighted by Crippen LogP contribution is 2.06. The molecule has 2 aliphatic heterocycles. The molecule has 1 saturated heterocycles. The van der Waals surface area contributed by atoms with Crippen LogP contribution in [0.3, 0.4) is 0 Å². The van der Waals surface area contributed by atoms with Gasteiger partial charge < -0.3 is 11.5 Å². The molecule has 7 N–H and O–H groups in total. The Bertz CT molecular complexity index is 280. The Morgan fingerprint density at radius 1 is 1.50 bits per heavy atom. The van der Waals surface area contributed by atoms with Gasteiger partial charge in [-0.15, -0.1) is 5.01 Å². The van der Waals surface area contributed by atoms with Gasteiger partial charge in [0.05, 0.1) is 0 Å². The van der Waals surface area contributed by atoms with Gasteiger partial charge in [-0.3, -0.25) is 0 Å². The number of likely N-dealkylation sites (N-methyl/N-ethyl adjacent to an activating group) is 1. The predicted molar refractivity (Wildman–Crippen MR) is 42.5 cm³/mol. The van der Waals surface area contributed by atoms with Crippen LogP contribution in [0, 0.1) is 0 Å². The van der Waals surface area contributed by atoms with Crippen molar-refractivity contribution in [2.24, 2.45) is 22.3 Å². The number of hydrogen-bond acceptors (Lipinski definition) is 6. The number of fused-ring (bicyclic) bond motifs is 1. The Morgan fingerprint density at radius 2 is 2.17 bits per heavy atom. The van der Waals surface area contributed by atoms with Crippen LogP contribution in [0.15, 0.2) is 16.5 Å². The standard InChI is InChI=1S/C5H11N7/c1-10-2-3-4(6)9-5(7)11(3)12(10)8/h2,6,8H2,1H3,(H2,7,9)/p+1. The maximum atomic E-state index is 5.69. The monoisotopic (exact) mass is 170 g/mol. The molecule has 0 aliphatic carbocycles. The van der Waals surface area contributed by atoms with Crippen molar-refractivity contribution in [2.45, 2.75) is 0 Å². The number of nitrogens with zero attached hydrogens (tertiary/aromatic N) is 3. The van der Waals surface area contributed by atoms with Crippen molar-refractivity contribution >= 4 is 5.96 Å². The van der Waals surface area contributed by atoms with E-state index in [1.54, 1.807) is 0 Å². The molecule has 0 aromatic carbocycles. The van der Waals surface area contributed by atoms with Crippen molar-refractivity contribution in [2.75, 3.05) is 13.6 Å². The van der Waals surface area contributed by atoms with Crippen molar-refractivity contribution in [1.29, 1.82) is 0 Å². The molecule has 66 valence electrons. The van der Waals surface area contributed by atoms with E-state index in [1.165, 1.54) is 5.23 Å². The van der Waals surface area contributed by atoms with E-state index in [0.29, 0.717) is 18.3 Å². The number of quaternary nitrogens is 1. The minimum atomic E-state index is 0.398. The molecule has 0 bridgehead atoms. The van der Waals surface area contributed by atoms with E-state index in [0.717, 1.165) is 10.7 Å². The molecule has 0 radical (unpaired) electrons. The van der Waals surface area contributed by atoms with E-state index in [1.807, 2.05) is 12.1 Å². The van der Waals surface area contributed by atoms with Crippen LogP contribution in [-0.4, -0.2) is 29.8 Å². The topological polar surface area (TPSA) is 101 Å². The van der Waals surface area contributed by atoms with Crippen LogP contribution in [-0.2, 0) is 0 Å². The summed E-state index contributed by atoms with van der Waals surface area (Å²) >= 11 is 0. The third kappa shape index (κ3) is 0.756. The van der Waals surface area contributed by atoms with Crippen molar-refractivity contribution in [3.63, 3.8) is 0 Å². The summed E-state index contributed by atoms with van der Waals surface area (Å²) in [5, 5.41) is 4.02. The summed E-state index contributed by atoms with van der Waals surface area (Å²) < 4.78 is 0. The molecule has 7 nitrogen and oxygen atoms in total. The average Bonchev–Trinajstić information content (AvgIpc) is 2.41. The quantitative estimate of drug-likeness (QED) is 0.280. The van der Waals surface area contributed by atoms with Crippen LogP contribution < -0.4 is 22.3 Å². The van der Waals surface area contributed by atoms with Crippen LogP contribution in [0.2, 0.25) is 0 Å². The van der Waals surface area contributed by atoms with Crippen molar-refractivity contribution < 1.29 is 5.01 Å². The number of nitrogens with one attached hydrogen (secondary N) is 1. The maximum absolute atomic E-state index is 5.69. The molecule has 2 aliphatic rings. The normalized spacial score (nSPS) is 31.2. The Hall–Kier alpha value is -1.15. The minimum absolute atomic E-state index is 0.398. The van der Waals surface area contributed by atoms with Gasteiger partial charge >= 0.3 is 5.96 Å². The molecular formula is C5H12N7+. The Morgan fingerprint density at radius 3 is 2.75 bits per heavy atom. The Balaban J connectivity index is 2.37. The number of nitrogens with two attached hydrogens (primary N) is 3. The molecule has 0 amide bonds. The summed E-state index contributed by atoms with van der Waals surface area (Å²) in [6.07, 6.45) is 0. The van der Waals surface area contributed by atoms with Gasteiger partial charge in [-0.1, -0.05) is 0 Å².